The summed E-state index contributed by atoms with van der Waals surface area (Å²) in [5.41, 5.74) is 1.35. The number of aliphatic hydroxyl groups excluding tert-OH is 1. The summed E-state index contributed by atoms with van der Waals surface area (Å²) in [6, 6.07) is 16.3. The number of aliphatic hydroxyl groups is 1. The zero-order valence-electron chi connectivity index (χ0n) is 21.3. The van der Waals surface area contributed by atoms with E-state index in [-0.39, 0.29) is 39.6 Å². The van der Waals surface area contributed by atoms with Crippen molar-refractivity contribution in [3.05, 3.63) is 93.0 Å². The van der Waals surface area contributed by atoms with Crippen LogP contribution in [0.25, 0.3) is 5.76 Å². The van der Waals surface area contributed by atoms with Gasteiger partial charge in [0.1, 0.15) is 23.0 Å². The summed E-state index contributed by atoms with van der Waals surface area (Å²) in [6.07, 6.45) is 0.0173. The first-order chi connectivity index (χ1) is 18.1. The van der Waals surface area contributed by atoms with Crippen LogP contribution in [0.5, 0.6) is 17.2 Å². The van der Waals surface area contributed by atoms with Gasteiger partial charge in [-0.3, -0.25) is 9.59 Å². The quantitative estimate of drug-likeness (QED) is 0.196. The standard InChI is InChI=1S/C29H27Cl2NO6/c1-16(2)38-20-10-8-17(9-11-20)15-32-25(18-6-5-7-21(12-18)36-3)24(27(34)29(32)35)26(33)22-13-19(30)14-23(31)28(22)37-4/h5-14,16,25,33H,15H2,1-4H3/b26-24+. The minimum atomic E-state index is -0.917. The molecule has 0 radical (unpaired) electrons. The number of rotatable bonds is 8. The highest BCUT2D eigenvalue weighted by atomic mass is 35.5. The summed E-state index contributed by atoms with van der Waals surface area (Å²) in [5.74, 6) is -0.681. The van der Waals surface area contributed by atoms with Gasteiger partial charge in [0.15, 0.2) is 0 Å². The van der Waals surface area contributed by atoms with Crippen LogP contribution >= 0.6 is 23.2 Å². The molecule has 0 aromatic heterocycles. The van der Waals surface area contributed by atoms with Crippen LogP contribution in [-0.2, 0) is 16.1 Å². The van der Waals surface area contributed by atoms with E-state index in [4.69, 9.17) is 37.4 Å². The summed E-state index contributed by atoms with van der Waals surface area (Å²) in [5, 5.41) is 11.8. The third-order valence-electron chi connectivity index (χ3n) is 6.07. The van der Waals surface area contributed by atoms with E-state index in [9.17, 15) is 14.7 Å². The molecule has 1 aliphatic rings. The van der Waals surface area contributed by atoms with Crippen molar-refractivity contribution >= 4 is 40.7 Å². The normalized spacial score (nSPS) is 16.7. The van der Waals surface area contributed by atoms with Crippen molar-refractivity contribution in [3.63, 3.8) is 0 Å². The summed E-state index contributed by atoms with van der Waals surface area (Å²) in [6.45, 7) is 3.98. The number of ether oxygens (including phenoxy) is 3. The number of hydrogen-bond acceptors (Lipinski definition) is 6. The Hall–Kier alpha value is -3.68. The van der Waals surface area contributed by atoms with Crippen molar-refractivity contribution in [3.8, 4) is 17.2 Å². The van der Waals surface area contributed by atoms with Crippen LogP contribution < -0.4 is 14.2 Å². The van der Waals surface area contributed by atoms with Crippen LogP contribution in [0.4, 0.5) is 0 Å². The summed E-state index contributed by atoms with van der Waals surface area (Å²) < 4.78 is 16.5. The third kappa shape index (κ3) is 5.44. The van der Waals surface area contributed by atoms with Crippen LogP contribution in [0.3, 0.4) is 0 Å². The number of ketones is 1. The summed E-state index contributed by atoms with van der Waals surface area (Å²) in [7, 11) is 2.91. The molecule has 3 aromatic carbocycles. The second-order valence-corrected chi connectivity index (χ2v) is 9.83. The van der Waals surface area contributed by atoms with Crippen molar-refractivity contribution in [2.75, 3.05) is 14.2 Å². The van der Waals surface area contributed by atoms with Crippen molar-refractivity contribution in [1.82, 2.24) is 4.90 Å². The molecule has 1 heterocycles. The molecular formula is C29H27Cl2NO6. The predicted molar refractivity (Wildman–Crippen MR) is 146 cm³/mol. The van der Waals surface area contributed by atoms with Gasteiger partial charge in [0.05, 0.1) is 42.5 Å². The Balaban J connectivity index is 1.86. The van der Waals surface area contributed by atoms with Gasteiger partial charge in [0, 0.05) is 11.6 Å². The molecule has 0 aliphatic carbocycles. The van der Waals surface area contributed by atoms with Gasteiger partial charge in [-0.1, -0.05) is 47.5 Å². The number of nitrogens with zero attached hydrogens (tertiary/aromatic N) is 1. The first-order valence-corrected chi connectivity index (χ1v) is 12.6. The molecule has 1 atom stereocenters. The Labute approximate surface area is 231 Å². The molecule has 1 aliphatic heterocycles. The summed E-state index contributed by atoms with van der Waals surface area (Å²) in [4.78, 5) is 28.2. The van der Waals surface area contributed by atoms with Crippen LogP contribution in [0.15, 0.2) is 66.2 Å². The number of benzene rings is 3. The van der Waals surface area contributed by atoms with Crippen LogP contribution in [0.1, 0.15) is 36.6 Å². The fourth-order valence-electron chi connectivity index (χ4n) is 4.43. The molecule has 3 aromatic rings. The lowest BCUT2D eigenvalue weighted by molar-refractivity contribution is -0.140. The molecule has 0 spiro atoms. The Morgan fingerprint density at radius 3 is 2.32 bits per heavy atom. The lowest BCUT2D eigenvalue weighted by atomic mass is 9.94. The average Bonchev–Trinajstić information content (AvgIpc) is 3.13. The Morgan fingerprint density at radius 1 is 0.974 bits per heavy atom. The first kappa shape index (κ1) is 27.4. The van der Waals surface area contributed by atoms with Crippen molar-refractivity contribution < 1.29 is 28.9 Å². The lowest BCUT2D eigenvalue weighted by Crippen LogP contribution is -2.29. The number of carbonyl (C=O) groups is 2. The maximum atomic E-state index is 13.4. The van der Waals surface area contributed by atoms with E-state index in [1.165, 1.54) is 31.3 Å². The second-order valence-electron chi connectivity index (χ2n) is 8.98. The van der Waals surface area contributed by atoms with Gasteiger partial charge in [0.25, 0.3) is 11.7 Å². The molecule has 1 amide bonds. The van der Waals surface area contributed by atoms with E-state index < -0.39 is 23.5 Å². The highest BCUT2D eigenvalue weighted by Crippen LogP contribution is 2.44. The zero-order chi connectivity index (χ0) is 27.6. The van der Waals surface area contributed by atoms with Gasteiger partial charge in [-0.2, -0.15) is 0 Å². The molecule has 1 unspecified atom stereocenters. The van der Waals surface area contributed by atoms with E-state index in [2.05, 4.69) is 0 Å². The highest BCUT2D eigenvalue weighted by molar-refractivity contribution is 6.46. The van der Waals surface area contributed by atoms with Crippen molar-refractivity contribution in [1.29, 1.82) is 0 Å². The van der Waals surface area contributed by atoms with E-state index in [0.29, 0.717) is 17.1 Å². The maximum absolute atomic E-state index is 13.4. The number of carbonyl (C=O) groups excluding carboxylic acids is 2. The number of likely N-dealkylation sites (tertiary alicyclic amines) is 1. The topological polar surface area (TPSA) is 85.3 Å². The minimum Gasteiger partial charge on any atom is -0.507 e. The Bertz CT molecular complexity index is 1400. The smallest absolute Gasteiger partial charge is 0.295 e. The SMILES string of the molecule is COc1cccc(C2/C(=C(\O)c3cc(Cl)cc(Cl)c3OC)C(=O)C(=O)N2Cc2ccc(OC(C)C)cc2)c1. The predicted octanol–water partition coefficient (Wildman–Crippen LogP) is 6.42. The van der Waals surface area contributed by atoms with Gasteiger partial charge in [0.2, 0.25) is 0 Å². The largest absolute Gasteiger partial charge is 0.507 e. The molecule has 1 saturated heterocycles. The molecule has 38 heavy (non-hydrogen) atoms. The lowest BCUT2D eigenvalue weighted by Gasteiger charge is -2.26. The van der Waals surface area contributed by atoms with Gasteiger partial charge in [-0.15, -0.1) is 0 Å². The van der Waals surface area contributed by atoms with Crippen molar-refractivity contribution in [2.45, 2.75) is 32.5 Å². The van der Waals surface area contributed by atoms with Crippen molar-refractivity contribution in [2.24, 2.45) is 0 Å². The Kier molecular flexibility index (Phi) is 8.19. The van der Waals surface area contributed by atoms with E-state index >= 15 is 0 Å². The number of hydrogen-bond donors (Lipinski definition) is 1. The fourth-order valence-corrected chi connectivity index (χ4v) is 5.00. The van der Waals surface area contributed by atoms with Gasteiger partial charge in [-0.05, 0) is 61.4 Å². The highest BCUT2D eigenvalue weighted by Gasteiger charge is 2.46. The summed E-state index contributed by atoms with van der Waals surface area (Å²) >= 11 is 12.5. The number of amides is 1. The van der Waals surface area contributed by atoms with Crippen LogP contribution in [-0.4, -0.2) is 42.0 Å². The third-order valence-corrected chi connectivity index (χ3v) is 6.56. The van der Waals surface area contributed by atoms with Gasteiger partial charge >= 0.3 is 0 Å². The number of halogens is 2. The van der Waals surface area contributed by atoms with E-state index in [1.807, 2.05) is 38.1 Å². The van der Waals surface area contributed by atoms with Crippen LogP contribution in [0, 0.1) is 0 Å². The first-order valence-electron chi connectivity index (χ1n) is 11.9. The van der Waals surface area contributed by atoms with E-state index in [1.54, 1.807) is 24.3 Å². The average molecular weight is 556 g/mol. The second kappa shape index (κ2) is 11.4. The zero-order valence-corrected chi connectivity index (χ0v) is 22.8. The van der Waals surface area contributed by atoms with Crippen LogP contribution in [0.2, 0.25) is 10.0 Å². The molecule has 1 fully saturated rings. The van der Waals surface area contributed by atoms with E-state index in [0.717, 1.165) is 5.56 Å². The molecule has 4 rings (SSSR count). The van der Waals surface area contributed by atoms with Gasteiger partial charge < -0.3 is 24.2 Å². The maximum Gasteiger partial charge on any atom is 0.295 e. The molecule has 1 N–H and O–H groups in total. The molecule has 9 heteroatoms. The minimum absolute atomic E-state index is 0.0173. The van der Waals surface area contributed by atoms with Gasteiger partial charge in [-0.25, -0.2) is 0 Å². The molecule has 198 valence electrons. The molecule has 7 nitrogen and oxygen atoms in total. The number of methoxy groups -OCH3 is 2. The molecule has 0 bridgehead atoms. The fraction of sp³-hybridized carbons (Fsp3) is 0.241. The monoisotopic (exact) mass is 555 g/mol. The number of Topliss-reactive ketones (excluding diaryl/α,β-unsaturated/α-hetero) is 1. The molecule has 0 saturated carbocycles. The Morgan fingerprint density at radius 2 is 1.68 bits per heavy atom. The molecular weight excluding hydrogens is 529 g/mol.